The van der Waals surface area contributed by atoms with E-state index in [2.05, 4.69) is 171 Å². The first-order chi connectivity index (χ1) is 27.3. The molecule has 0 spiro atoms. The predicted octanol–water partition coefficient (Wildman–Crippen LogP) is 16.2. The fourth-order valence-electron chi connectivity index (χ4n) is 8.44. The largest absolute Gasteiger partial charge is 0.507 e. The molecule has 0 aliphatic heterocycles. The van der Waals surface area contributed by atoms with Crippen LogP contribution in [0.15, 0.2) is 60.7 Å². The van der Waals surface area contributed by atoms with Gasteiger partial charge in [-0.05, 0) is 160 Å². The van der Waals surface area contributed by atoms with Crippen LogP contribution >= 0.6 is 11.8 Å². The van der Waals surface area contributed by atoms with Crippen LogP contribution in [-0.4, -0.2) is 28.8 Å². The molecule has 310 valence electrons. The molecule has 58 heavy (non-hydrogen) atoms. The quantitative estimate of drug-likeness (QED) is 0.110. The highest BCUT2D eigenvalue weighted by atomic mass is 32.2. The number of benzene rings is 5. The van der Waals surface area contributed by atoms with Crippen LogP contribution in [0.2, 0.25) is 0 Å². The summed E-state index contributed by atoms with van der Waals surface area (Å²) in [6.45, 7) is 33.8. The van der Waals surface area contributed by atoms with E-state index in [0.29, 0.717) is 24.2 Å². The van der Waals surface area contributed by atoms with Gasteiger partial charge in [-0.15, -0.1) is 0 Å². The monoisotopic (exact) mass is 799 g/mol. The van der Waals surface area contributed by atoms with Gasteiger partial charge in [-0.1, -0.05) is 107 Å². The first kappa shape index (κ1) is 44.9. The minimum atomic E-state index is 0.250. The van der Waals surface area contributed by atoms with Gasteiger partial charge in [0.15, 0.2) is 0 Å². The molecule has 5 aromatic rings. The van der Waals surface area contributed by atoms with E-state index < -0.39 is 0 Å². The topological polar surface area (TPSA) is 49.7 Å². The molecule has 0 saturated heterocycles. The molecule has 2 N–H and O–H groups in total. The van der Waals surface area contributed by atoms with Crippen molar-refractivity contribution < 1.29 is 14.9 Å². The van der Waals surface area contributed by atoms with Gasteiger partial charge in [-0.25, -0.2) is 0 Å². The van der Waals surface area contributed by atoms with E-state index in [4.69, 9.17) is 4.74 Å². The number of phenolic OH excluding ortho intramolecular Hbond substituents is 2. The van der Waals surface area contributed by atoms with Crippen molar-refractivity contribution in [2.45, 2.75) is 139 Å². The first-order valence-corrected chi connectivity index (χ1v) is 23.0. The molecular weight excluding hydrogens is 729 g/mol. The lowest BCUT2D eigenvalue weighted by Gasteiger charge is -2.26. The number of thioether (sulfide) groups is 1. The average Bonchev–Trinajstić information content (AvgIpc) is 3.15. The Hall–Kier alpha value is -4.15. The fourth-order valence-corrected chi connectivity index (χ4v) is 8.69. The number of ether oxygens (including phenoxy) is 1. The third-order valence-electron chi connectivity index (χ3n) is 11.7. The van der Waals surface area contributed by atoms with Crippen LogP contribution in [0, 0.1) is 20.8 Å². The lowest BCUT2D eigenvalue weighted by atomic mass is 9.80. The molecule has 5 rings (SSSR count). The molecule has 0 aliphatic rings. The van der Waals surface area contributed by atoms with Crippen LogP contribution in [0.4, 0.5) is 0 Å². The van der Waals surface area contributed by atoms with E-state index in [-0.39, 0.29) is 35.2 Å². The van der Waals surface area contributed by atoms with Gasteiger partial charge in [0.1, 0.15) is 17.2 Å². The molecule has 0 heterocycles. The Kier molecular flexibility index (Phi) is 14.3. The minimum Gasteiger partial charge on any atom is -0.507 e. The Morgan fingerprint density at radius 2 is 0.724 bits per heavy atom. The smallest absolute Gasteiger partial charge is 0.135 e. The summed E-state index contributed by atoms with van der Waals surface area (Å²) in [7, 11) is 0. The average molecular weight is 799 g/mol. The molecule has 0 amide bonds. The molecule has 0 saturated carbocycles. The Bertz CT molecular complexity index is 2060. The van der Waals surface area contributed by atoms with Gasteiger partial charge in [-0.2, -0.15) is 11.8 Å². The molecule has 0 unspecified atom stereocenters. The molecule has 0 radical (unpaired) electrons. The third-order valence-corrected chi connectivity index (χ3v) is 12.2. The maximum atomic E-state index is 12.7. The highest BCUT2D eigenvalue weighted by molar-refractivity contribution is 7.98. The Morgan fingerprint density at radius 1 is 0.431 bits per heavy atom. The van der Waals surface area contributed by atoms with Crippen molar-refractivity contribution in [2.24, 2.45) is 0 Å². The van der Waals surface area contributed by atoms with Gasteiger partial charge in [0.2, 0.25) is 0 Å². The maximum absolute atomic E-state index is 12.7. The van der Waals surface area contributed by atoms with Gasteiger partial charge in [-0.3, -0.25) is 0 Å². The number of phenols is 2. The summed E-state index contributed by atoms with van der Waals surface area (Å²) in [5, 5.41) is 25.3. The van der Waals surface area contributed by atoms with Crippen LogP contribution in [0.1, 0.15) is 169 Å². The fraction of sp³-hybridized carbons (Fsp3) is 0.444. The summed E-state index contributed by atoms with van der Waals surface area (Å²) in [4.78, 5) is 0. The van der Waals surface area contributed by atoms with E-state index in [1.807, 2.05) is 0 Å². The molecule has 0 aliphatic carbocycles. The second kappa shape index (κ2) is 18.4. The van der Waals surface area contributed by atoms with Crippen molar-refractivity contribution in [1.82, 2.24) is 0 Å². The van der Waals surface area contributed by atoms with Crippen LogP contribution in [-0.2, 0) is 0 Å². The number of hydrogen-bond acceptors (Lipinski definition) is 4. The van der Waals surface area contributed by atoms with E-state index in [0.717, 1.165) is 67.0 Å². The highest BCUT2D eigenvalue weighted by Crippen LogP contribution is 2.52. The van der Waals surface area contributed by atoms with Crippen molar-refractivity contribution in [3.63, 3.8) is 0 Å². The lowest BCUT2D eigenvalue weighted by molar-refractivity contribution is 0.346. The molecule has 0 aromatic heterocycles. The van der Waals surface area contributed by atoms with E-state index >= 15 is 0 Å². The van der Waals surface area contributed by atoms with Crippen LogP contribution in [0.25, 0.3) is 44.5 Å². The molecule has 0 bridgehead atoms. The SMILES string of the molecule is CSCCOc1c(-c2cc(C)cc(-c3c(C(C)C)cc(C(C)C)cc3C(C)C)c2O)cc(C)cc1-c1cc(C)cc(-c2c(C(C)C)cc(C(C)C)cc2C(C)C)c1O. The molecule has 5 aromatic carbocycles. The van der Waals surface area contributed by atoms with Gasteiger partial charge < -0.3 is 14.9 Å². The maximum Gasteiger partial charge on any atom is 0.135 e. The van der Waals surface area contributed by atoms with Gasteiger partial charge in [0.05, 0.1) is 6.61 Å². The third kappa shape index (κ3) is 9.18. The van der Waals surface area contributed by atoms with E-state index in [9.17, 15) is 10.2 Å². The highest BCUT2D eigenvalue weighted by Gasteiger charge is 2.28. The van der Waals surface area contributed by atoms with Crippen molar-refractivity contribution in [3.05, 3.63) is 111 Å². The predicted molar refractivity (Wildman–Crippen MR) is 254 cm³/mol. The summed E-state index contributed by atoms with van der Waals surface area (Å²) < 4.78 is 6.84. The van der Waals surface area contributed by atoms with Gasteiger partial charge in [0.25, 0.3) is 0 Å². The normalized spacial score (nSPS) is 12.0. The van der Waals surface area contributed by atoms with Crippen LogP contribution in [0.5, 0.6) is 17.2 Å². The molecule has 0 fully saturated rings. The van der Waals surface area contributed by atoms with E-state index in [1.165, 1.54) is 33.4 Å². The van der Waals surface area contributed by atoms with Crippen molar-refractivity contribution in [3.8, 4) is 61.8 Å². The summed E-state index contributed by atoms with van der Waals surface area (Å²) in [5.74, 6) is 3.81. The van der Waals surface area contributed by atoms with Crippen LogP contribution in [0.3, 0.4) is 0 Å². The summed E-state index contributed by atoms with van der Waals surface area (Å²) >= 11 is 1.74. The molecule has 3 nitrogen and oxygen atoms in total. The molecular formula is C54H70O3S. The zero-order valence-electron chi connectivity index (χ0n) is 38.4. The van der Waals surface area contributed by atoms with Crippen LogP contribution < -0.4 is 4.74 Å². The number of rotatable bonds is 14. The minimum absolute atomic E-state index is 0.250. The lowest BCUT2D eigenvalue weighted by Crippen LogP contribution is -2.06. The summed E-state index contributed by atoms with van der Waals surface area (Å²) in [5.41, 5.74) is 17.9. The van der Waals surface area contributed by atoms with Crippen molar-refractivity contribution in [1.29, 1.82) is 0 Å². The summed E-state index contributed by atoms with van der Waals surface area (Å²) in [6.07, 6.45) is 2.09. The number of aromatic hydroxyl groups is 2. The zero-order chi connectivity index (χ0) is 42.9. The first-order valence-electron chi connectivity index (χ1n) is 21.6. The second-order valence-electron chi connectivity index (χ2n) is 18.5. The number of hydrogen-bond donors (Lipinski definition) is 2. The van der Waals surface area contributed by atoms with E-state index in [1.54, 1.807) is 11.8 Å². The Morgan fingerprint density at radius 3 is 1.00 bits per heavy atom. The number of aryl methyl sites for hydroxylation is 3. The second-order valence-corrected chi connectivity index (χ2v) is 19.5. The van der Waals surface area contributed by atoms with Crippen molar-refractivity contribution >= 4 is 11.8 Å². The molecule has 4 heteroatoms. The summed E-state index contributed by atoms with van der Waals surface area (Å²) in [6, 6.07) is 22.1. The zero-order valence-corrected chi connectivity index (χ0v) is 39.2. The van der Waals surface area contributed by atoms with Gasteiger partial charge >= 0.3 is 0 Å². The standard InChI is InChI=1S/C54H70O3S/c1-29(2)38-25-40(31(5)6)50(41(26-38)32(7)8)48-23-35(13)19-44(52(48)55)46-21-37(15)22-47(54(46)57-17-18-58-16)45-20-36(14)24-49(53(45)56)51-42(33(9)10)27-39(30(3)4)28-43(51)34(11)12/h19-34,55-56H,17-18H2,1-16H3. The Labute approximate surface area is 355 Å². The Balaban J connectivity index is 1.88. The molecule has 0 atom stereocenters. The van der Waals surface area contributed by atoms with Gasteiger partial charge in [0, 0.05) is 39.1 Å². The van der Waals surface area contributed by atoms with Crippen molar-refractivity contribution in [2.75, 3.05) is 18.6 Å².